The number of methoxy groups -OCH3 is 1. The highest BCUT2D eigenvalue weighted by Gasteiger charge is 2.22. The molecule has 0 aromatic carbocycles. The van der Waals surface area contributed by atoms with Crippen LogP contribution in [0.15, 0.2) is 35.5 Å². The molecule has 0 amide bonds. The number of hydrogen-bond acceptors (Lipinski definition) is 2. The number of rotatable bonds is 3. The van der Waals surface area contributed by atoms with Crippen LogP contribution in [0.1, 0.15) is 39.5 Å². The summed E-state index contributed by atoms with van der Waals surface area (Å²) in [4.78, 5) is 11.0. The molecule has 100 valence electrons. The van der Waals surface area contributed by atoms with Gasteiger partial charge in [-0.15, -0.1) is 0 Å². The Morgan fingerprint density at radius 1 is 1.39 bits per heavy atom. The van der Waals surface area contributed by atoms with E-state index in [1.807, 2.05) is 0 Å². The first-order valence-electron chi connectivity index (χ1n) is 6.58. The Hall–Kier alpha value is -1.15. The van der Waals surface area contributed by atoms with Crippen LogP contribution in [0.4, 0.5) is 0 Å². The first-order valence-corrected chi connectivity index (χ1v) is 6.58. The van der Waals surface area contributed by atoms with E-state index in [9.17, 15) is 4.79 Å². The van der Waals surface area contributed by atoms with Crippen molar-refractivity contribution in [2.24, 2.45) is 5.92 Å². The van der Waals surface area contributed by atoms with Crippen LogP contribution in [0, 0.1) is 5.92 Å². The van der Waals surface area contributed by atoms with E-state index in [0.717, 1.165) is 32.0 Å². The molecule has 2 atom stereocenters. The third-order valence-electron chi connectivity index (χ3n) is 3.63. The van der Waals surface area contributed by atoms with Crippen molar-refractivity contribution in [3.8, 4) is 0 Å². The predicted molar refractivity (Wildman–Crippen MR) is 75.5 cm³/mol. The van der Waals surface area contributed by atoms with E-state index in [0.29, 0.717) is 5.57 Å². The van der Waals surface area contributed by atoms with E-state index >= 15 is 0 Å². The predicted octanol–water partition coefficient (Wildman–Crippen LogP) is 3.84. The van der Waals surface area contributed by atoms with Gasteiger partial charge in [-0.25, -0.2) is 0 Å². The van der Waals surface area contributed by atoms with Crippen LogP contribution >= 0.6 is 0 Å². The van der Waals surface area contributed by atoms with Gasteiger partial charge in [0, 0.05) is 13.0 Å². The van der Waals surface area contributed by atoms with Crippen LogP contribution in [-0.2, 0) is 9.53 Å². The zero-order chi connectivity index (χ0) is 13.5. The number of aldehydes is 1. The summed E-state index contributed by atoms with van der Waals surface area (Å²) >= 11 is 0. The maximum atomic E-state index is 11.0. The zero-order valence-electron chi connectivity index (χ0n) is 11.7. The summed E-state index contributed by atoms with van der Waals surface area (Å²) < 4.78 is 5.55. The van der Waals surface area contributed by atoms with E-state index in [1.54, 1.807) is 7.11 Å². The number of carbonyl (C=O) groups is 1. The summed E-state index contributed by atoms with van der Waals surface area (Å²) in [5.41, 5.74) is 3.35. The SMILES string of the molecule is C=C(C=O)C1CC/C(C)=C/CC/C(C)=C/C1OC. The van der Waals surface area contributed by atoms with Gasteiger partial charge in [0.15, 0.2) is 0 Å². The van der Waals surface area contributed by atoms with Crippen molar-refractivity contribution < 1.29 is 9.53 Å². The van der Waals surface area contributed by atoms with E-state index in [-0.39, 0.29) is 12.0 Å². The third kappa shape index (κ3) is 4.26. The van der Waals surface area contributed by atoms with E-state index in [2.05, 4.69) is 32.6 Å². The highest BCUT2D eigenvalue weighted by molar-refractivity contribution is 5.73. The molecule has 1 rings (SSSR count). The molecule has 0 heterocycles. The molecule has 2 heteroatoms. The fraction of sp³-hybridized carbons (Fsp3) is 0.562. The topological polar surface area (TPSA) is 26.3 Å². The summed E-state index contributed by atoms with van der Waals surface area (Å²) in [5, 5.41) is 0. The summed E-state index contributed by atoms with van der Waals surface area (Å²) in [6.07, 6.45) is 9.34. The van der Waals surface area contributed by atoms with Crippen LogP contribution < -0.4 is 0 Å². The van der Waals surface area contributed by atoms with Crippen LogP contribution in [0.25, 0.3) is 0 Å². The van der Waals surface area contributed by atoms with Crippen LogP contribution in [0.2, 0.25) is 0 Å². The number of carbonyl (C=O) groups excluding carboxylic acids is 1. The van der Waals surface area contributed by atoms with Gasteiger partial charge in [-0.3, -0.25) is 4.79 Å². The lowest BCUT2D eigenvalue weighted by Gasteiger charge is -2.25. The molecule has 0 radical (unpaired) electrons. The smallest absolute Gasteiger partial charge is 0.145 e. The van der Waals surface area contributed by atoms with Gasteiger partial charge in [0.25, 0.3) is 0 Å². The monoisotopic (exact) mass is 248 g/mol. The maximum Gasteiger partial charge on any atom is 0.145 e. The Balaban J connectivity index is 2.97. The standard InChI is InChI=1S/C16H24O2/c1-12-6-5-7-13(2)10-16(18-4)15(9-8-12)14(3)11-17/h6,10-11,15-16H,3,5,7-9H2,1-2,4H3/b12-6+,13-10+. The molecule has 0 N–H and O–H groups in total. The van der Waals surface area contributed by atoms with Crippen molar-refractivity contribution in [1.82, 2.24) is 0 Å². The second-order valence-corrected chi connectivity index (χ2v) is 5.14. The van der Waals surface area contributed by atoms with Crippen molar-refractivity contribution >= 4 is 6.29 Å². The number of hydrogen-bond donors (Lipinski definition) is 0. The lowest BCUT2D eigenvalue weighted by atomic mass is 9.86. The van der Waals surface area contributed by atoms with Crippen molar-refractivity contribution in [3.05, 3.63) is 35.5 Å². The van der Waals surface area contributed by atoms with Gasteiger partial charge in [-0.1, -0.05) is 29.9 Å². The van der Waals surface area contributed by atoms with Gasteiger partial charge in [-0.05, 0) is 45.1 Å². The molecular weight excluding hydrogens is 224 g/mol. The Kier molecular flexibility index (Phi) is 6.06. The largest absolute Gasteiger partial charge is 0.377 e. The lowest BCUT2D eigenvalue weighted by molar-refractivity contribution is -0.105. The van der Waals surface area contributed by atoms with Crippen LogP contribution in [-0.4, -0.2) is 19.5 Å². The fourth-order valence-corrected chi connectivity index (χ4v) is 2.39. The van der Waals surface area contributed by atoms with Gasteiger partial charge in [0.05, 0.1) is 6.10 Å². The van der Waals surface area contributed by atoms with E-state index in [1.165, 1.54) is 11.1 Å². The summed E-state index contributed by atoms with van der Waals surface area (Å²) in [6.45, 7) is 8.15. The maximum absolute atomic E-state index is 11.0. The minimum atomic E-state index is -0.0337. The minimum Gasteiger partial charge on any atom is -0.377 e. The molecule has 1 aliphatic rings. The Morgan fingerprint density at radius 3 is 2.72 bits per heavy atom. The zero-order valence-corrected chi connectivity index (χ0v) is 11.7. The van der Waals surface area contributed by atoms with Gasteiger partial charge < -0.3 is 4.74 Å². The second kappa shape index (κ2) is 7.32. The van der Waals surface area contributed by atoms with Gasteiger partial charge in [-0.2, -0.15) is 0 Å². The summed E-state index contributed by atoms with van der Waals surface area (Å²) in [7, 11) is 1.70. The third-order valence-corrected chi connectivity index (χ3v) is 3.63. The Morgan fingerprint density at radius 2 is 2.11 bits per heavy atom. The van der Waals surface area contributed by atoms with Crippen LogP contribution in [0.3, 0.4) is 0 Å². The molecule has 0 saturated heterocycles. The minimum absolute atomic E-state index is 0.0337. The molecule has 0 aliphatic heterocycles. The molecule has 0 spiro atoms. The van der Waals surface area contributed by atoms with Crippen molar-refractivity contribution in [2.45, 2.75) is 45.6 Å². The van der Waals surface area contributed by atoms with Gasteiger partial charge >= 0.3 is 0 Å². The lowest BCUT2D eigenvalue weighted by Crippen LogP contribution is -2.24. The van der Waals surface area contributed by atoms with Crippen molar-refractivity contribution in [3.63, 3.8) is 0 Å². The quantitative estimate of drug-likeness (QED) is 0.431. The number of allylic oxidation sites excluding steroid dienone is 3. The second-order valence-electron chi connectivity index (χ2n) is 5.14. The first kappa shape index (κ1) is 14.9. The fourth-order valence-electron chi connectivity index (χ4n) is 2.39. The van der Waals surface area contributed by atoms with Gasteiger partial charge in [0.2, 0.25) is 0 Å². The summed E-state index contributed by atoms with van der Waals surface area (Å²) in [6, 6.07) is 0. The van der Waals surface area contributed by atoms with Crippen LogP contribution in [0.5, 0.6) is 0 Å². The molecule has 0 fully saturated rings. The highest BCUT2D eigenvalue weighted by Crippen LogP contribution is 2.27. The number of ether oxygens (including phenoxy) is 1. The molecule has 0 bridgehead atoms. The molecule has 1 aliphatic carbocycles. The molecule has 18 heavy (non-hydrogen) atoms. The summed E-state index contributed by atoms with van der Waals surface area (Å²) in [5.74, 6) is 0.0869. The normalized spacial score (nSPS) is 31.7. The van der Waals surface area contributed by atoms with Crippen molar-refractivity contribution in [2.75, 3.05) is 7.11 Å². The Labute approximate surface area is 110 Å². The van der Waals surface area contributed by atoms with E-state index in [4.69, 9.17) is 4.74 Å². The molecule has 2 unspecified atom stereocenters. The first-order chi connectivity index (χ1) is 8.58. The highest BCUT2D eigenvalue weighted by atomic mass is 16.5. The Bertz CT molecular complexity index is 363. The average Bonchev–Trinajstić information content (AvgIpc) is 2.36. The van der Waals surface area contributed by atoms with Gasteiger partial charge in [0.1, 0.15) is 6.29 Å². The molecular formula is C16H24O2. The molecule has 0 saturated carbocycles. The average molecular weight is 248 g/mol. The molecule has 0 aromatic rings. The van der Waals surface area contributed by atoms with E-state index < -0.39 is 0 Å². The molecule has 0 aromatic heterocycles. The molecule has 2 nitrogen and oxygen atoms in total. The van der Waals surface area contributed by atoms with Crippen molar-refractivity contribution in [1.29, 1.82) is 0 Å².